The van der Waals surface area contributed by atoms with Crippen LogP contribution in [0, 0.1) is 0 Å². The first kappa shape index (κ1) is 11.8. The van der Waals surface area contributed by atoms with Crippen LogP contribution in [0.3, 0.4) is 0 Å². The average molecular weight is 283 g/mol. The quantitative estimate of drug-likeness (QED) is 0.789. The van der Waals surface area contributed by atoms with Crippen LogP contribution < -0.4 is 0 Å². The van der Waals surface area contributed by atoms with Gasteiger partial charge in [0.15, 0.2) is 5.78 Å². The standard InChI is InChI=1S/C13H15BrO2/c1-9(16-12-3-2-4-12)13(15)10-5-7-11(14)8-6-10/h5-9,12H,2-4H2,1H3. The first-order valence-electron chi connectivity index (χ1n) is 5.62. The van der Waals surface area contributed by atoms with E-state index in [1.807, 2.05) is 31.2 Å². The van der Waals surface area contributed by atoms with Crippen LogP contribution in [0.25, 0.3) is 0 Å². The lowest BCUT2D eigenvalue weighted by atomic mass is 9.95. The Morgan fingerprint density at radius 3 is 2.50 bits per heavy atom. The van der Waals surface area contributed by atoms with Crippen molar-refractivity contribution in [2.24, 2.45) is 0 Å². The summed E-state index contributed by atoms with van der Waals surface area (Å²) in [5, 5.41) is 0. The van der Waals surface area contributed by atoms with Crippen molar-refractivity contribution >= 4 is 21.7 Å². The van der Waals surface area contributed by atoms with Gasteiger partial charge >= 0.3 is 0 Å². The largest absolute Gasteiger partial charge is 0.367 e. The van der Waals surface area contributed by atoms with Crippen molar-refractivity contribution in [3.63, 3.8) is 0 Å². The molecule has 16 heavy (non-hydrogen) atoms. The van der Waals surface area contributed by atoms with Gasteiger partial charge in [0.05, 0.1) is 6.10 Å². The lowest BCUT2D eigenvalue weighted by Crippen LogP contribution is -2.31. The molecule has 0 aromatic heterocycles. The highest BCUT2D eigenvalue weighted by molar-refractivity contribution is 9.10. The highest BCUT2D eigenvalue weighted by atomic mass is 79.9. The molecule has 0 heterocycles. The van der Waals surface area contributed by atoms with E-state index in [1.54, 1.807) is 0 Å². The molecule has 2 nitrogen and oxygen atoms in total. The fourth-order valence-electron chi connectivity index (χ4n) is 1.71. The van der Waals surface area contributed by atoms with Crippen LogP contribution in [0.4, 0.5) is 0 Å². The number of hydrogen-bond donors (Lipinski definition) is 0. The van der Waals surface area contributed by atoms with Crippen LogP contribution >= 0.6 is 15.9 Å². The number of rotatable bonds is 4. The van der Waals surface area contributed by atoms with Crippen LogP contribution in [-0.4, -0.2) is 18.0 Å². The van der Waals surface area contributed by atoms with Crippen molar-refractivity contribution in [3.8, 4) is 0 Å². The number of ether oxygens (including phenoxy) is 1. The average Bonchev–Trinajstić information content (AvgIpc) is 2.23. The molecule has 3 heteroatoms. The molecular weight excluding hydrogens is 268 g/mol. The summed E-state index contributed by atoms with van der Waals surface area (Å²) in [4.78, 5) is 12.0. The van der Waals surface area contributed by atoms with Gasteiger partial charge in [-0.3, -0.25) is 4.79 Å². The second-order valence-corrected chi connectivity index (χ2v) is 5.12. The highest BCUT2D eigenvalue weighted by Crippen LogP contribution is 2.24. The molecule has 0 saturated heterocycles. The van der Waals surface area contributed by atoms with E-state index in [4.69, 9.17) is 4.74 Å². The third-order valence-electron chi connectivity index (χ3n) is 2.95. The molecule has 2 rings (SSSR count). The van der Waals surface area contributed by atoms with Gasteiger partial charge in [0.1, 0.15) is 6.10 Å². The van der Waals surface area contributed by atoms with Crippen LogP contribution in [0.5, 0.6) is 0 Å². The molecule has 1 fully saturated rings. The van der Waals surface area contributed by atoms with Crippen LogP contribution in [-0.2, 0) is 4.74 Å². The Kier molecular flexibility index (Phi) is 3.77. The number of benzene rings is 1. The number of carbonyl (C=O) groups is 1. The maximum Gasteiger partial charge on any atom is 0.191 e. The number of Topliss-reactive ketones (excluding diaryl/α,β-unsaturated/α-hetero) is 1. The van der Waals surface area contributed by atoms with Gasteiger partial charge in [-0.2, -0.15) is 0 Å². The summed E-state index contributed by atoms with van der Waals surface area (Å²) in [5.41, 5.74) is 0.718. The summed E-state index contributed by atoms with van der Waals surface area (Å²) in [7, 11) is 0. The monoisotopic (exact) mass is 282 g/mol. The van der Waals surface area contributed by atoms with E-state index in [1.165, 1.54) is 6.42 Å². The minimum absolute atomic E-state index is 0.0689. The number of carbonyl (C=O) groups excluding carboxylic acids is 1. The van der Waals surface area contributed by atoms with Crippen molar-refractivity contribution in [1.29, 1.82) is 0 Å². The van der Waals surface area contributed by atoms with E-state index in [9.17, 15) is 4.79 Å². The summed E-state index contributed by atoms with van der Waals surface area (Å²) in [6, 6.07) is 7.41. The molecule has 1 aliphatic carbocycles. The van der Waals surface area contributed by atoms with E-state index in [0.717, 1.165) is 22.9 Å². The van der Waals surface area contributed by atoms with E-state index in [0.29, 0.717) is 6.10 Å². The minimum Gasteiger partial charge on any atom is -0.367 e. The summed E-state index contributed by atoms with van der Waals surface area (Å²) in [6.07, 6.45) is 3.39. The SMILES string of the molecule is CC(OC1CCC1)C(=O)c1ccc(Br)cc1. The van der Waals surface area contributed by atoms with Crippen molar-refractivity contribution in [2.45, 2.75) is 38.4 Å². The smallest absolute Gasteiger partial charge is 0.191 e. The second kappa shape index (κ2) is 5.11. The zero-order valence-corrected chi connectivity index (χ0v) is 10.9. The van der Waals surface area contributed by atoms with Crippen molar-refractivity contribution < 1.29 is 9.53 Å². The Morgan fingerprint density at radius 1 is 1.38 bits per heavy atom. The van der Waals surface area contributed by atoms with Gasteiger partial charge in [0.2, 0.25) is 0 Å². The van der Waals surface area contributed by atoms with Gasteiger partial charge in [0.25, 0.3) is 0 Å². The molecule has 1 aliphatic rings. The zero-order chi connectivity index (χ0) is 11.5. The Hall–Kier alpha value is -0.670. The lowest BCUT2D eigenvalue weighted by molar-refractivity contribution is -0.0313. The summed E-state index contributed by atoms with van der Waals surface area (Å²) < 4.78 is 6.65. The zero-order valence-electron chi connectivity index (χ0n) is 9.28. The Morgan fingerprint density at radius 2 is 2.00 bits per heavy atom. The Balaban J connectivity index is 1.97. The molecule has 0 aliphatic heterocycles. The van der Waals surface area contributed by atoms with Gasteiger partial charge in [-0.25, -0.2) is 0 Å². The molecule has 1 aromatic carbocycles. The molecule has 1 saturated carbocycles. The van der Waals surface area contributed by atoms with E-state index in [2.05, 4.69) is 15.9 Å². The molecule has 1 aromatic rings. The Labute approximate surface area is 104 Å². The van der Waals surface area contributed by atoms with Gasteiger partial charge in [0, 0.05) is 10.0 Å². The molecule has 0 bridgehead atoms. The van der Waals surface area contributed by atoms with Crippen molar-refractivity contribution in [3.05, 3.63) is 34.3 Å². The van der Waals surface area contributed by atoms with Crippen LogP contribution in [0.2, 0.25) is 0 Å². The van der Waals surface area contributed by atoms with E-state index < -0.39 is 0 Å². The molecule has 1 unspecified atom stereocenters. The van der Waals surface area contributed by atoms with Crippen LogP contribution in [0.1, 0.15) is 36.5 Å². The fraction of sp³-hybridized carbons (Fsp3) is 0.462. The van der Waals surface area contributed by atoms with E-state index >= 15 is 0 Å². The van der Waals surface area contributed by atoms with Gasteiger partial charge in [-0.15, -0.1) is 0 Å². The summed E-state index contributed by atoms with van der Waals surface area (Å²) in [6.45, 7) is 1.84. The number of ketones is 1. The predicted octanol–water partition coefficient (Wildman–Crippen LogP) is 3.59. The lowest BCUT2D eigenvalue weighted by Gasteiger charge is -2.28. The highest BCUT2D eigenvalue weighted by Gasteiger charge is 2.24. The number of hydrogen-bond acceptors (Lipinski definition) is 2. The number of halogens is 1. The molecule has 0 spiro atoms. The predicted molar refractivity (Wildman–Crippen MR) is 66.7 cm³/mol. The van der Waals surface area contributed by atoms with Crippen molar-refractivity contribution in [1.82, 2.24) is 0 Å². The normalized spacial score (nSPS) is 17.9. The van der Waals surface area contributed by atoms with Gasteiger partial charge < -0.3 is 4.74 Å². The molecule has 0 radical (unpaired) electrons. The maximum absolute atomic E-state index is 12.0. The second-order valence-electron chi connectivity index (χ2n) is 4.20. The topological polar surface area (TPSA) is 26.3 Å². The fourth-order valence-corrected chi connectivity index (χ4v) is 1.97. The first-order valence-corrected chi connectivity index (χ1v) is 6.41. The third-order valence-corrected chi connectivity index (χ3v) is 3.48. The van der Waals surface area contributed by atoms with Crippen LogP contribution in [0.15, 0.2) is 28.7 Å². The van der Waals surface area contributed by atoms with Gasteiger partial charge in [-0.1, -0.05) is 28.1 Å². The summed E-state index contributed by atoms with van der Waals surface area (Å²) >= 11 is 3.35. The molecule has 0 N–H and O–H groups in total. The van der Waals surface area contributed by atoms with E-state index in [-0.39, 0.29) is 11.9 Å². The minimum atomic E-state index is -0.327. The maximum atomic E-state index is 12.0. The molecule has 1 atom stereocenters. The molecule has 86 valence electrons. The van der Waals surface area contributed by atoms with Crippen molar-refractivity contribution in [2.75, 3.05) is 0 Å². The Bertz CT molecular complexity index is 368. The molecular formula is C13H15BrO2. The summed E-state index contributed by atoms with van der Waals surface area (Å²) in [5.74, 6) is 0.0689. The third kappa shape index (κ3) is 2.71. The van der Waals surface area contributed by atoms with Gasteiger partial charge in [-0.05, 0) is 38.3 Å². The first-order chi connectivity index (χ1) is 7.66. The molecule has 0 amide bonds.